The second-order valence-corrected chi connectivity index (χ2v) is 6.01. The molecule has 0 aromatic heterocycles. The van der Waals surface area contributed by atoms with Crippen LogP contribution in [0.15, 0.2) is 0 Å². The Balaban J connectivity index is 0.00000196. The summed E-state index contributed by atoms with van der Waals surface area (Å²) >= 11 is 0. The Hall–Kier alpha value is 0.160. The first kappa shape index (κ1) is 15.2. The van der Waals surface area contributed by atoms with Crippen molar-refractivity contribution in [3.05, 3.63) is 0 Å². The van der Waals surface area contributed by atoms with Gasteiger partial charge in [-0.25, -0.2) is 12.7 Å². The van der Waals surface area contributed by atoms with Crippen LogP contribution in [0, 0.1) is 5.92 Å². The molecule has 92 valence electrons. The zero-order chi connectivity index (χ0) is 10.6. The molecule has 0 bridgehead atoms. The molecule has 6 heteroatoms. The number of hydrogen-bond donors (Lipinski definition) is 1. The van der Waals surface area contributed by atoms with Crippen molar-refractivity contribution >= 4 is 22.4 Å². The van der Waals surface area contributed by atoms with Gasteiger partial charge in [-0.2, -0.15) is 0 Å². The van der Waals surface area contributed by atoms with E-state index < -0.39 is 10.0 Å². The molecule has 1 aliphatic rings. The van der Waals surface area contributed by atoms with Crippen LogP contribution in [0.1, 0.15) is 26.2 Å². The maximum absolute atomic E-state index is 11.7. The van der Waals surface area contributed by atoms with Gasteiger partial charge in [-0.05, 0) is 31.7 Å². The van der Waals surface area contributed by atoms with Gasteiger partial charge in [0.15, 0.2) is 0 Å². The molecule has 1 rings (SSSR count). The minimum Gasteiger partial charge on any atom is -0.330 e. The zero-order valence-corrected chi connectivity index (χ0v) is 10.8. The largest absolute Gasteiger partial charge is 0.330 e. The summed E-state index contributed by atoms with van der Waals surface area (Å²) in [6.45, 7) is 3.79. The van der Waals surface area contributed by atoms with E-state index in [4.69, 9.17) is 5.73 Å². The van der Waals surface area contributed by atoms with E-state index in [-0.39, 0.29) is 18.2 Å². The molecule has 0 aliphatic carbocycles. The van der Waals surface area contributed by atoms with Crippen LogP contribution in [-0.2, 0) is 10.0 Å². The van der Waals surface area contributed by atoms with Gasteiger partial charge < -0.3 is 5.73 Å². The molecule has 0 aromatic rings. The lowest BCUT2D eigenvalue weighted by Crippen LogP contribution is -2.42. The smallest absolute Gasteiger partial charge is 0.214 e. The number of nitrogens with two attached hydrogens (primary N) is 1. The van der Waals surface area contributed by atoms with Crippen molar-refractivity contribution in [1.82, 2.24) is 4.31 Å². The van der Waals surface area contributed by atoms with Crippen LogP contribution in [0.2, 0.25) is 0 Å². The van der Waals surface area contributed by atoms with Crippen molar-refractivity contribution in [2.45, 2.75) is 26.2 Å². The van der Waals surface area contributed by atoms with Crippen molar-refractivity contribution in [2.24, 2.45) is 11.7 Å². The van der Waals surface area contributed by atoms with E-state index >= 15 is 0 Å². The molecule has 15 heavy (non-hydrogen) atoms. The Morgan fingerprint density at radius 1 is 1.47 bits per heavy atom. The van der Waals surface area contributed by atoms with Gasteiger partial charge in [0.25, 0.3) is 0 Å². The number of rotatable bonds is 4. The number of hydrogen-bond acceptors (Lipinski definition) is 3. The first-order valence-electron chi connectivity index (χ1n) is 5.28. The SMILES string of the molecule is CCCS(=O)(=O)N1CCCC(CN)C1.Cl. The van der Waals surface area contributed by atoms with Crippen molar-refractivity contribution in [2.75, 3.05) is 25.4 Å². The Labute approximate surface area is 98.7 Å². The van der Waals surface area contributed by atoms with Crippen LogP contribution in [0.25, 0.3) is 0 Å². The number of sulfonamides is 1. The first-order chi connectivity index (χ1) is 6.60. The van der Waals surface area contributed by atoms with E-state index in [2.05, 4.69) is 0 Å². The summed E-state index contributed by atoms with van der Waals surface area (Å²) in [5.74, 6) is 0.625. The molecule has 1 heterocycles. The molecule has 0 amide bonds. The van der Waals surface area contributed by atoms with Gasteiger partial charge in [0, 0.05) is 13.1 Å². The number of halogens is 1. The van der Waals surface area contributed by atoms with Crippen LogP contribution < -0.4 is 5.73 Å². The van der Waals surface area contributed by atoms with E-state index in [1.54, 1.807) is 4.31 Å². The van der Waals surface area contributed by atoms with Gasteiger partial charge in [-0.15, -0.1) is 12.4 Å². The molecule has 1 atom stereocenters. The third-order valence-corrected chi connectivity index (χ3v) is 4.71. The van der Waals surface area contributed by atoms with E-state index in [9.17, 15) is 8.42 Å². The highest BCUT2D eigenvalue weighted by Gasteiger charge is 2.27. The highest BCUT2D eigenvalue weighted by molar-refractivity contribution is 7.89. The summed E-state index contributed by atoms with van der Waals surface area (Å²) in [5, 5.41) is 0. The highest BCUT2D eigenvalue weighted by atomic mass is 35.5. The van der Waals surface area contributed by atoms with E-state index in [0.29, 0.717) is 32.0 Å². The van der Waals surface area contributed by atoms with Crippen molar-refractivity contribution in [3.8, 4) is 0 Å². The molecule has 4 nitrogen and oxygen atoms in total. The highest BCUT2D eigenvalue weighted by Crippen LogP contribution is 2.18. The molecule has 0 saturated carbocycles. The van der Waals surface area contributed by atoms with Crippen molar-refractivity contribution in [3.63, 3.8) is 0 Å². The van der Waals surface area contributed by atoms with Crippen LogP contribution in [0.4, 0.5) is 0 Å². The van der Waals surface area contributed by atoms with Crippen LogP contribution in [-0.4, -0.2) is 38.1 Å². The fourth-order valence-corrected chi connectivity index (χ4v) is 3.48. The minimum atomic E-state index is -3.00. The number of nitrogens with zero attached hydrogens (tertiary/aromatic N) is 1. The standard InChI is InChI=1S/C9H20N2O2S.ClH/c1-2-6-14(12,13)11-5-3-4-9(7-10)8-11;/h9H,2-8,10H2,1H3;1H. The topological polar surface area (TPSA) is 63.4 Å². The Bertz CT molecular complexity index is 269. The third-order valence-electron chi connectivity index (χ3n) is 2.67. The van der Waals surface area contributed by atoms with Gasteiger partial charge in [0.05, 0.1) is 5.75 Å². The summed E-state index contributed by atoms with van der Waals surface area (Å²) in [5.41, 5.74) is 5.56. The summed E-state index contributed by atoms with van der Waals surface area (Å²) in [4.78, 5) is 0. The van der Waals surface area contributed by atoms with Gasteiger partial charge in [0.2, 0.25) is 10.0 Å². The lowest BCUT2D eigenvalue weighted by Gasteiger charge is -2.31. The number of piperidine rings is 1. The maximum Gasteiger partial charge on any atom is 0.214 e. The molecular formula is C9H21ClN2O2S. The maximum atomic E-state index is 11.7. The van der Waals surface area contributed by atoms with E-state index in [1.165, 1.54) is 0 Å². The van der Waals surface area contributed by atoms with Gasteiger partial charge in [-0.1, -0.05) is 6.92 Å². The monoisotopic (exact) mass is 256 g/mol. The molecule has 2 N–H and O–H groups in total. The lowest BCUT2D eigenvalue weighted by atomic mass is 10.0. The van der Waals surface area contributed by atoms with Crippen molar-refractivity contribution in [1.29, 1.82) is 0 Å². The molecule has 0 spiro atoms. The second kappa shape index (κ2) is 6.68. The third kappa shape index (κ3) is 4.26. The average molecular weight is 257 g/mol. The molecule has 1 aliphatic heterocycles. The fraction of sp³-hybridized carbons (Fsp3) is 1.00. The van der Waals surface area contributed by atoms with Gasteiger partial charge in [-0.3, -0.25) is 0 Å². The lowest BCUT2D eigenvalue weighted by molar-refractivity contribution is 0.271. The van der Waals surface area contributed by atoms with Crippen molar-refractivity contribution < 1.29 is 8.42 Å². The minimum absolute atomic E-state index is 0. The van der Waals surface area contributed by atoms with Crippen LogP contribution in [0.3, 0.4) is 0 Å². The van der Waals surface area contributed by atoms with E-state index in [0.717, 1.165) is 12.8 Å². The van der Waals surface area contributed by atoms with Gasteiger partial charge >= 0.3 is 0 Å². The zero-order valence-electron chi connectivity index (χ0n) is 9.18. The molecule has 0 radical (unpaired) electrons. The van der Waals surface area contributed by atoms with Gasteiger partial charge in [0.1, 0.15) is 0 Å². The average Bonchev–Trinajstić information content (AvgIpc) is 2.18. The second-order valence-electron chi connectivity index (χ2n) is 3.92. The van der Waals surface area contributed by atoms with Crippen LogP contribution in [0.5, 0.6) is 0 Å². The molecular weight excluding hydrogens is 236 g/mol. The summed E-state index contributed by atoms with van der Waals surface area (Å²) in [7, 11) is -3.00. The quantitative estimate of drug-likeness (QED) is 0.810. The molecule has 1 unspecified atom stereocenters. The predicted molar refractivity (Wildman–Crippen MR) is 64.7 cm³/mol. The fourth-order valence-electron chi connectivity index (χ4n) is 1.86. The molecule has 1 fully saturated rings. The van der Waals surface area contributed by atoms with Crippen LogP contribution >= 0.6 is 12.4 Å². The predicted octanol–water partition coefficient (Wildman–Crippen LogP) is 0.819. The molecule has 0 aromatic carbocycles. The van der Waals surface area contributed by atoms with E-state index in [1.807, 2.05) is 6.92 Å². The Morgan fingerprint density at radius 2 is 2.13 bits per heavy atom. The Morgan fingerprint density at radius 3 is 2.67 bits per heavy atom. The Kier molecular flexibility index (Phi) is 6.75. The summed E-state index contributed by atoms with van der Waals surface area (Å²) in [6, 6.07) is 0. The first-order valence-corrected chi connectivity index (χ1v) is 6.89. The normalized spacial score (nSPS) is 23.5. The summed E-state index contributed by atoms with van der Waals surface area (Å²) < 4.78 is 25.1. The summed E-state index contributed by atoms with van der Waals surface area (Å²) in [6.07, 6.45) is 2.70. The molecule has 1 saturated heterocycles.